The number of piperidine rings is 1. The number of carbonyl (C=O) groups is 2. The van der Waals surface area contributed by atoms with Crippen LogP contribution in [0.1, 0.15) is 25.7 Å². The van der Waals surface area contributed by atoms with Crippen molar-refractivity contribution >= 4 is 17.5 Å². The first-order valence-corrected chi connectivity index (χ1v) is 7.51. The van der Waals surface area contributed by atoms with Crippen LogP contribution < -0.4 is 0 Å². The molecule has 0 atom stereocenters. The van der Waals surface area contributed by atoms with Gasteiger partial charge in [0.2, 0.25) is 5.91 Å². The second-order valence-electron chi connectivity index (χ2n) is 5.70. The molecular weight excluding hydrogens is 274 g/mol. The number of hydrogen-bond acceptors (Lipinski definition) is 5. The first kappa shape index (κ1) is 14.5. The Morgan fingerprint density at radius 1 is 1.19 bits per heavy atom. The molecule has 3 rings (SSSR count). The van der Waals surface area contributed by atoms with Crippen LogP contribution in [-0.2, 0) is 19.1 Å². The zero-order chi connectivity index (χ0) is 14.8. The van der Waals surface area contributed by atoms with E-state index in [9.17, 15) is 9.59 Å². The lowest BCUT2D eigenvalue weighted by Gasteiger charge is -2.34. The van der Waals surface area contributed by atoms with Crippen LogP contribution in [0.15, 0.2) is 5.10 Å². The van der Waals surface area contributed by atoms with Crippen molar-refractivity contribution in [1.29, 1.82) is 0 Å². The fraction of sp³-hybridized carbons (Fsp3) is 0.786. The first-order valence-electron chi connectivity index (χ1n) is 7.51. The van der Waals surface area contributed by atoms with E-state index < -0.39 is 0 Å². The van der Waals surface area contributed by atoms with Gasteiger partial charge in [0.25, 0.3) is 5.91 Å². The van der Waals surface area contributed by atoms with E-state index in [4.69, 9.17) is 9.47 Å². The number of nitrogens with zero attached hydrogens (tertiary/aromatic N) is 3. The third-order valence-electron chi connectivity index (χ3n) is 4.31. The fourth-order valence-electron chi connectivity index (χ4n) is 3.03. The summed E-state index contributed by atoms with van der Waals surface area (Å²) < 4.78 is 11.1. The van der Waals surface area contributed by atoms with Crippen molar-refractivity contribution in [2.75, 3.05) is 33.4 Å². The third kappa shape index (κ3) is 3.08. The Hall–Kier alpha value is -1.47. The van der Waals surface area contributed by atoms with Crippen molar-refractivity contribution < 1.29 is 19.1 Å². The Morgan fingerprint density at radius 3 is 2.48 bits per heavy atom. The number of hydrogen-bond donors (Lipinski definition) is 0. The van der Waals surface area contributed by atoms with Crippen LogP contribution in [-0.4, -0.2) is 67.1 Å². The van der Waals surface area contributed by atoms with E-state index in [1.165, 1.54) is 5.01 Å². The van der Waals surface area contributed by atoms with Gasteiger partial charge in [-0.3, -0.25) is 9.59 Å². The number of hydrazone groups is 1. The Balaban J connectivity index is 1.55. The predicted molar refractivity (Wildman–Crippen MR) is 74.4 cm³/mol. The van der Waals surface area contributed by atoms with Crippen molar-refractivity contribution in [3.8, 4) is 0 Å². The van der Waals surface area contributed by atoms with Crippen LogP contribution in [0.25, 0.3) is 0 Å². The molecule has 2 saturated heterocycles. The van der Waals surface area contributed by atoms with Gasteiger partial charge in [-0.2, -0.15) is 5.10 Å². The molecule has 3 aliphatic heterocycles. The average Bonchev–Trinajstić information content (AvgIpc) is 3.04. The van der Waals surface area contributed by atoms with Gasteiger partial charge < -0.3 is 14.4 Å². The zero-order valence-corrected chi connectivity index (χ0v) is 12.3. The first-order chi connectivity index (χ1) is 10.1. The lowest BCUT2D eigenvalue weighted by molar-refractivity contribution is -0.132. The topological polar surface area (TPSA) is 71.4 Å². The van der Waals surface area contributed by atoms with Crippen molar-refractivity contribution in [3.05, 3.63) is 0 Å². The monoisotopic (exact) mass is 295 g/mol. The van der Waals surface area contributed by atoms with Gasteiger partial charge in [-0.15, -0.1) is 0 Å². The van der Waals surface area contributed by atoms with E-state index in [1.807, 2.05) is 4.90 Å². The van der Waals surface area contributed by atoms with Crippen molar-refractivity contribution in [3.63, 3.8) is 0 Å². The number of rotatable bonds is 2. The SMILES string of the molecule is CN1N=C(C(=O)N2CCC(C3OCCO3)CC2)CCC1=O. The molecule has 0 bridgehead atoms. The summed E-state index contributed by atoms with van der Waals surface area (Å²) in [6, 6.07) is 0. The molecule has 0 aromatic heterocycles. The van der Waals surface area contributed by atoms with Crippen LogP contribution in [0.2, 0.25) is 0 Å². The molecule has 0 radical (unpaired) electrons. The molecule has 3 aliphatic rings. The highest BCUT2D eigenvalue weighted by Gasteiger charge is 2.33. The average molecular weight is 295 g/mol. The predicted octanol–water partition coefficient (Wildman–Crippen LogP) is 0.206. The van der Waals surface area contributed by atoms with Crippen molar-refractivity contribution in [1.82, 2.24) is 9.91 Å². The lowest BCUT2D eigenvalue weighted by atomic mass is 9.95. The third-order valence-corrected chi connectivity index (χ3v) is 4.31. The minimum absolute atomic E-state index is 0.0407. The molecule has 3 heterocycles. The van der Waals surface area contributed by atoms with E-state index in [0.29, 0.717) is 50.8 Å². The molecule has 116 valence electrons. The normalized spacial score (nSPS) is 25.4. The molecule has 0 aromatic rings. The van der Waals surface area contributed by atoms with Gasteiger partial charge >= 0.3 is 0 Å². The van der Waals surface area contributed by atoms with Crippen LogP contribution in [0.5, 0.6) is 0 Å². The second kappa shape index (κ2) is 6.11. The summed E-state index contributed by atoms with van der Waals surface area (Å²) in [5, 5.41) is 5.36. The highest BCUT2D eigenvalue weighted by molar-refractivity contribution is 6.39. The summed E-state index contributed by atoms with van der Waals surface area (Å²) in [5.41, 5.74) is 0.490. The smallest absolute Gasteiger partial charge is 0.270 e. The van der Waals surface area contributed by atoms with Crippen molar-refractivity contribution in [2.45, 2.75) is 32.0 Å². The molecule has 0 N–H and O–H groups in total. The van der Waals surface area contributed by atoms with Crippen LogP contribution >= 0.6 is 0 Å². The maximum Gasteiger partial charge on any atom is 0.270 e. The Kier molecular flexibility index (Phi) is 4.21. The van der Waals surface area contributed by atoms with E-state index in [0.717, 1.165) is 12.8 Å². The minimum Gasteiger partial charge on any atom is -0.350 e. The van der Waals surface area contributed by atoms with E-state index in [1.54, 1.807) is 7.05 Å². The summed E-state index contributed by atoms with van der Waals surface area (Å²) in [6.45, 7) is 2.73. The summed E-state index contributed by atoms with van der Waals surface area (Å²) in [4.78, 5) is 25.6. The van der Waals surface area contributed by atoms with Gasteiger partial charge in [-0.25, -0.2) is 5.01 Å². The van der Waals surface area contributed by atoms with Crippen molar-refractivity contribution in [2.24, 2.45) is 11.0 Å². The minimum atomic E-state index is -0.0990. The maximum atomic E-state index is 12.4. The van der Waals surface area contributed by atoms with Crippen LogP contribution in [0, 0.1) is 5.92 Å². The van der Waals surface area contributed by atoms with Gasteiger partial charge in [0, 0.05) is 38.9 Å². The summed E-state index contributed by atoms with van der Waals surface area (Å²) >= 11 is 0. The second-order valence-corrected chi connectivity index (χ2v) is 5.70. The molecule has 7 nitrogen and oxygen atoms in total. The van der Waals surface area contributed by atoms with E-state index in [2.05, 4.69) is 5.10 Å². The van der Waals surface area contributed by atoms with Gasteiger partial charge in [0.15, 0.2) is 6.29 Å². The molecular formula is C14H21N3O4. The molecule has 7 heteroatoms. The molecule has 0 aliphatic carbocycles. The number of ether oxygens (including phenoxy) is 2. The maximum absolute atomic E-state index is 12.4. The van der Waals surface area contributed by atoms with Gasteiger partial charge in [-0.1, -0.05) is 0 Å². The Labute approximate surface area is 123 Å². The Morgan fingerprint density at radius 2 is 1.86 bits per heavy atom. The lowest BCUT2D eigenvalue weighted by Crippen LogP contribution is -2.45. The highest BCUT2D eigenvalue weighted by Crippen LogP contribution is 2.26. The summed E-state index contributed by atoms with van der Waals surface area (Å²) in [5.74, 6) is 0.288. The largest absolute Gasteiger partial charge is 0.350 e. The Bertz CT molecular complexity index is 451. The quantitative estimate of drug-likeness (QED) is 0.730. The zero-order valence-electron chi connectivity index (χ0n) is 12.3. The van der Waals surface area contributed by atoms with Crippen LogP contribution in [0.3, 0.4) is 0 Å². The molecule has 21 heavy (non-hydrogen) atoms. The van der Waals surface area contributed by atoms with Gasteiger partial charge in [0.1, 0.15) is 5.71 Å². The summed E-state index contributed by atoms with van der Waals surface area (Å²) in [6.07, 6.45) is 2.48. The number of likely N-dealkylation sites (tertiary alicyclic amines) is 1. The molecule has 0 saturated carbocycles. The fourth-order valence-corrected chi connectivity index (χ4v) is 3.03. The molecule has 0 spiro atoms. The number of amides is 2. The standard InChI is InChI=1S/C14H21N3O4/c1-16-12(18)3-2-11(15-16)13(19)17-6-4-10(5-7-17)14-20-8-9-21-14/h10,14H,2-9H2,1H3. The molecule has 0 unspecified atom stereocenters. The van der Waals surface area contributed by atoms with E-state index >= 15 is 0 Å². The van der Waals surface area contributed by atoms with Gasteiger partial charge in [0.05, 0.1) is 13.2 Å². The highest BCUT2D eigenvalue weighted by atomic mass is 16.7. The van der Waals surface area contributed by atoms with E-state index in [-0.39, 0.29) is 18.1 Å². The summed E-state index contributed by atoms with van der Waals surface area (Å²) in [7, 11) is 1.59. The molecule has 0 aromatic carbocycles. The molecule has 2 fully saturated rings. The molecule has 2 amide bonds. The van der Waals surface area contributed by atoms with Gasteiger partial charge in [-0.05, 0) is 12.8 Å². The van der Waals surface area contributed by atoms with Crippen LogP contribution in [0.4, 0.5) is 0 Å². The number of carbonyl (C=O) groups excluding carboxylic acids is 2.